The highest BCUT2D eigenvalue weighted by Gasteiger charge is 2.39. The van der Waals surface area contributed by atoms with Gasteiger partial charge in [0.2, 0.25) is 5.91 Å². The first kappa shape index (κ1) is 20.6. The van der Waals surface area contributed by atoms with Crippen LogP contribution in [-0.4, -0.2) is 66.4 Å². The highest BCUT2D eigenvalue weighted by molar-refractivity contribution is 7.89. The van der Waals surface area contributed by atoms with Crippen molar-refractivity contribution in [2.75, 3.05) is 32.8 Å². The fourth-order valence-corrected chi connectivity index (χ4v) is 4.87. The fourth-order valence-electron chi connectivity index (χ4n) is 3.51. The minimum atomic E-state index is -3.64. The molecule has 1 aromatic heterocycles. The monoisotopic (exact) mass is 435 g/mol. The van der Waals surface area contributed by atoms with Crippen molar-refractivity contribution in [3.8, 4) is 0 Å². The van der Waals surface area contributed by atoms with Gasteiger partial charge in [-0.3, -0.25) is 4.79 Å². The average Bonchev–Trinajstić information content (AvgIpc) is 2.65. The lowest BCUT2D eigenvalue weighted by Crippen LogP contribution is -2.52. The second-order valence-corrected chi connectivity index (χ2v) is 9.13. The number of carbonyl (C=O) groups is 1. The third-order valence-corrected chi connectivity index (χ3v) is 7.08. The van der Waals surface area contributed by atoms with Gasteiger partial charge in [-0.05, 0) is 29.3 Å². The number of halogens is 2. The molecule has 30 heavy (non-hydrogen) atoms. The number of aliphatic hydroxyl groups is 1. The van der Waals surface area contributed by atoms with Gasteiger partial charge in [0.05, 0.1) is 12.5 Å². The average molecular weight is 435 g/mol. The van der Waals surface area contributed by atoms with Crippen LogP contribution >= 0.6 is 0 Å². The zero-order chi connectivity index (χ0) is 21.5. The summed E-state index contributed by atoms with van der Waals surface area (Å²) >= 11 is 0. The molecule has 0 bridgehead atoms. The number of aliphatic hydroxyl groups excluding tert-OH is 1. The number of benzene rings is 1. The molecule has 3 heterocycles. The Morgan fingerprint density at radius 1 is 1.10 bits per heavy atom. The van der Waals surface area contributed by atoms with Crippen LogP contribution in [0.5, 0.6) is 0 Å². The molecule has 2 fully saturated rings. The summed E-state index contributed by atoms with van der Waals surface area (Å²) in [6.07, 6.45) is 1.42. The van der Waals surface area contributed by atoms with E-state index in [1.165, 1.54) is 21.5 Å². The number of nitrogens with zero attached hydrogens (tertiary/aromatic N) is 3. The zero-order valence-corrected chi connectivity index (χ0v) is 16.6. The van der Waals surface area contributed by atoms with Crippen LogP contribution in [0.4, 0.5) is 8.78 Å². The topological polar surface area (TPSA) is 90.8 Å². The summed E-state index contributed by atoms with van der Waals surface area (Å²) in [5.74, 6) is -3.20. The molecule has 0 aliphatic carbocycles. The standard InChI is InChI=1S/C20H19F2N3O4S/c21-15-4-5-16(18(22)7-15)17(12-26)20(27)24-8-13(9-24)14-10-25(11-14)30(28,29)19-3-1-2-6-23-19/h1-7,17,26H,8-12H2/t17-/m1/s1. The Balaban J connectivity index is 1.39. The molecule has 10 heteroatoms. The van der Waals surface area contributed by atoms with Crippen molar-refractivity contribution < 1.29 is 27.1 Å². The van der Waals surface area contributed by atoms with Crippen molar-refractivity contribution in [2.24, 2.45) is 0 Å². The van der Waals surface area contributed by atoms with E-state index >= 15 is 0 Å². The molecule has 1 atom stereocenters. The van der Waals surface area contributed by atoms with Gasteiger partial charge in [0.25, 0.3) is 10.0 Å². The molecule has 7 nitrogen and oxygen atoms in total. The fraction of sp³-hybridized carbons (Fsp3) is 0.300. The van der Waals surface area contributed by atoms with E-state index in [0.29, 0.717) is 19.2 Å². The van der Waals surface area contributed by atoms with E-state index in [1.807, 2.05) is 0 Å². The summed E-state index contributed by atoms with van der Waals surface area (Å²) in [4.78, 5) is 18.0. The summed E-state index contributed by atoms with van der Waals surface area (Å²) < 4.78 is 53.4. The van der Waals surface area contributed by atoms with Crippen LogP contribution in [0.1, 0.15) is 11.5 Å². The predicted octanol–water partition coefficient (Wildman–Crippen LogP) is 1.28. The highest BCUT2D eigenvalue weighted by Crippen LogP contribution is 2.31. The van der Waals surface area contributed by atoms with Gasteiger partial charge in [0.15, 0.2) is 5.03 Å². The number of hydrogen-bond acceptors (Lipinski definition) is 5. The van der Waals surface area contributed by atoms with Gasteiger partial charge in [-0.15, -0.1) is 0 Å². The molecule has 0 unspecified atom stereocenters. The van der Waals surface area contributed by atoms with Crippen molar-refractivity contribution in [3.63, 3.8) is 0 Å². The number of pyridine rings is 1. The minimum absolute atomic E-state index is 0.00780. The van der Waals surface area contributed by atoms with E-state index < -0.39 is 40.1 Å². The largest absolute Gasteiger partial charge is 0.395 e. The third-order valence-electron chi connectivity index (χ3n) is 5.37. The van der Waals surface area contributed by atoms with Crippen LogP contribution in [0.25, 0.3) is 0 Å². The molecule has 0 saturated carbocycles. The number of carbonyl (C=O) groups excluding carboxylic acids is 1. The normalized spacial score (nSPS) is 18.0. The molecular weight excluding hydrogens is 416 g/mol. The van der Waals surface area contributed by atoms with Crippen LogP contribution < -0.4 is 0 Å². The predicted molar refractivity (Wildman–Crippen MR) is 103 cm³/mol. The second-order valence-electron chi connectivity index (χ2n) is 7.24. The number of hydrogen-bond donors (Lipinski definition) is 1. The lowest BCUT2D eigenvalue weighted by atomic mass is 9.92. The molecule has 1 N–H and O–H groups in total. The Morgan fingerprint density at radius 2 is 1.80 bits per heavy atom. The molecular formula is C20H19F2N3O4S. The Bertz CT molecular complexity index is 1110. The van der Waals surface area contributed by atoms with Gasteiger partial charge >= 0.3 is 0 Å². The maximum atomic E-state index is 14.0. The van der Waals surface area contributed by atoms with Gasteiger partial charge in [0, 0.05) is 44.0 Å². The van der Waals surface area contributed by atoms with Crippen molar-refractivity contribution in [1.82, 2.24) is 14.2 Å². The molecule has 2 saturated heterocycles. The molecule has 2 aromatic rings. The summed E-state index contributed by atoms with van der Waals surface area (Å²) in [7, 11) is -3.64. The van der Waals surface area contributed by atoms with Crippen LogP contribution in [0.2, 0.25) is 0 Å². The quantitative estimate of drug-likeness (QED) is 0.715. The van der Waals surface area contributed by atoms with Gasteiger partial charge in [0.1, 0.15) is 11.6 Å². The van der Waals surface area contributed by atoms with Gasteiger partial charge in [-0.1, -0.05) is 12.1 Å². The van der Waals surface area contributed by atoms with Crippen LogP contribution in [0, 0.1) is 11.6 Å². The summed E-state index contributed by atoms with van der Waals surface area (Å²) in [5.41, 5.74) is 1.83. The van der Waals surface area contributed by atoms with Crippen molar-refractivity contribution >= 4 is 15.9 Å². The van der Waals surface area contributed by atoms with Crippen LogP contribution in [0.15, 0.2) is 58.8 Å². The van der Waals surface area contributed by atoms with Gasteiger partial charge < -0.3 is 10.0 Å². The number of rotatable bonds is 5. The summed E-state index contributed by atoms with van der Waals surface area (Å²) in [5, 5.41) is 9.57. The Kier molecular flexibility index (Phi) is 5.39. The van der Waals surface area contributed by atoms with Crippen LogP contribution in [0.3, 0.4) is 0 Å². The summed E-state index contributed by atoms with van der Waals surface area (Å²) in [6, 6.07) is 7.57. The molecule has 1 amide bonds. The molecule has 2 aliphatic rings. The van der Waals surface area contributed by atoms with E-state index in [2.05, 4.69) is 4.98 Å². The van der Waals surface area contributed by atoms with Crippen molar-refractivity contribution in [2.45, 2.75) is 10.9 Å². The Hall–Kier alpha value is -2.69. The molecule has 0 radical (unpaired) electrons. The van der Waals surface area contributed by atoms with Crippen LogP contribution in [-0.2, 0) is 14.8 Å². The SMILES string of the molecule is O=C([C@H](CO)c1ccc(F)cc1F)N1CC(=C2CN(S(=O)(=O)c3ccccn3)C2)C1. The molecule has 158 valence electrons. The Labute approximate surface area is 172 Å². The summed E-state index contributed by atoms with van der Waals surface area (Å²) in [6.45, 7) is 0.481. The Morgan fingerprint density at radius 3 is 2.40 bits per heavy atom. The van der Waals surface area contributed by atoms with E-state index in [1.54, 1.807) is 12.1 Å². The molecule has 0 spiro atoms. The highest BCUT2D eigenvalue weighted by atomic mass is 32.2. The third kappa shape index (κ3) is 3.62. The van der Waals surface area contributed by atoms with Crippen molar-refractivity contribution in [3.05, 3.63) is 70.9 Å². The molecule has 4 rings (SSSR count). The number of likely N-dealkylation sites (tertiary alicyclic amines) is 1. The van der Waals surface area contributed by atoms with E-state index in [9.17, 15) is 27.1 Å². The number of amides is 1. The van der Waals surface area contributed by atoms with Gasteiger partial charge in [-0.25, -0.2) is 22.2 Å². The minimum Gasteiger partial charge on any atom is -0.395 e. The van der Waals surface area contributed by atoms with Crippen molar-refractivity contribution in [1.29, 1.82) is 0 Å². The van der Waals surface area contributed by atoms with E-state index in [0.717, 1.165) is 23.3 Å². The van der Waals surface area contributed by atoms with E-state index in [-0.39, 0.29) is 23.7 Å². The molecule has 1 aromatic carbocycles. The zero-order valence-electron chi connectivity index (χ0n) is 15.8. The van der Waals surface area contributed by atoms with E-state index in [4.69, 9.17) is 0 Å². The molecule has 2 aliphatic heterocycles. The number of sulfonamides is 1. The maximum absolute atomic E-state index is 14.0. The van der Waals surface area contributed by atoms with Gasteiger partial charge in [-0.2, -0.15) is 4.31 Å². The first-order valence-corrected chi connectivity index (χ1v) is 10.7. The lowest BCUT2D eigenvalue weighted by molar-refractivity contribution is -0.135. The first-order valence-electron chi connectivity index (χ1n) is 9.27. The maximum Gasteiger partial charge on any atom is 0.261 e. The first-order chi connectivity index (χ1) is 14.3. The number of aromatic nitrogens is 1. The lowest BCUT2D eigenvalue weighted by Gasteiger charge is -2.42. The second kappa shape index (κ2) is 7.86. The smallest absolute Gasteiger partial charge is 0.261 e.